The predicted octanol–water partition coefficient (Wildman–Crippen LogP) is 3.64. The summed E-state index contributed by atoms with van der Waals surface area (Å²) in [6.07, 6.45) is 6.52. The first-order valence-corrected chi connectivity index (χ1v) is 11.4. The van der Waals surface area contributed by atoms with Crippen molar-refractivity contribution in [2.75, 3.05) is 0 Å². The number of carbonyl (C=O) groups excluding carboxylic acids is 1. The average Bonchev–Trinajstić information content (AvgIpc) is 3.38. The zero-order valence-corrected chi connectivity index (χ0v) is 19.7. The van der Waals surface area contributed by atoms with Crippen molar-refractivity contribution in [1.82, 2.24) is 35.3 Å². The maximum atomic E-state index is 12.3. The number of nitrogens with zero attached hydrogens (tertiary/aromatic N) is 6. The molecule has 4 aromatic rings. The van der Waals surface area contributed by atoms with Crippen LogP contribution in [0.1, 0.15) is 67.4 Å². The number of aryl methyl sites for hydroxylation is 1. The van der Waals surface area contributed by atoms with E-state index in [2.05, 4.69) is 46.4 Å². The van der Waals surface area contributed by atoms with E-state index in [1.54, 1.807) is 35.1 Å². The van der Waals surface area contributed by atoms with Crippen LogP contribution in [0.5, 0.6) is 5.88 Å². The van der Waals surface area contributed by atoms with E-state index in [1.165, 1.54) is 6.42 Å². The van der Waals surface area contributed by atoms with E-state index in [4.69, 9.17) is 14.4 Å². The number of hydrogen-bond donors (Lipinski definition) is 1. The van der Waals surface area contributed by atoms with Crippen LogP contribution in [0.25, 0.3) is 17.0 Å². The summed E-state index contributed by atoms with van der Waals surface area (Å²) in [6, 6.07) is 5.65. The Bertz CT molecular complexity index is 1330. The molecule has 1 aliphatic rings. The van der Waals surface area contributed by atoms with Gasteiger partial charge in [0.15, 0.2) is 5.69 Å². The van der Waals surface area contributed by atoms with Gasteiger partial charge in [-0.3, -0.25) is 9.78 Å². The first kappa shape index (κ1) is 22.0. The summed E-state index contributed by atoms with van der Waals surface area (Å²) >= 11 is 0. The normalized spacial score (nSPS) is 14.2. The Morgan fingerprint density at radius 1 is 1.26 bits per heavy atom. The Morgan fingerprint density at radius 3 is 2.71 bits per heavy atom. The Hall–Kier alpha value is -3.82. The molecule has 1 saturated carbocycles. The first-order valence-electron chi connectivity index (χ1n) is 11.4. The van der Waals surface area contributed by atoms with Crippen LogP contribution in [-0.4, -0.2) is 41.9 Å². The van der Waals surface area contributed by atoms with Gasteiger partial charge in [-0.25, -0.2) is 4.52 Å². The van der Waals surface area contributed by atoms with Crippen molar-refractivity contribution in [2.24, 2.45) is 0 Å². The van der Waals surface area contributed by atoms with E-state index in [-0.39, 0.29) is 24.0 Å². The number of rotatable bonds is 6. The van der Waals surface area contributed by atoms with Crippen molar-refractivity contribution in [2.45, 2.75) is 65.0 Å². The second kappa shape index (κ2) is 8.51. The second-order valence-electron chi connectivity index (χ2n) is 9.65. The lowest BCUT2D eigenvalue weighted by molar-refractivity contribution is 0.0916. The zero-order chi connectivity index (χ0) is 23.9. The molecule has 34 heavy (non-hydrogen) atoms. The van der Waals surface area contributed by atoms with Crippen molar-refractivity contribution >= 4 is 11.4 Å². The van der Waals surface area contributed by atoms with E-state index < -0.39 is 0 Å². The molecule has 0 spiro atoms. The molecule has 1 aliphatic carbocycles. The largest absolute Gasteiger partial charge is 0.470 e. The number of nitrogens with one attached hydrogen (secondary N) is 1. The number of amides is 1. The van der Waals surface area contributed by atoms with E-state index in [0.717, 1.165) is 23.9 Å². The van der Waals surface area contributed by atoms with Crippen molar-refractivity contribution in [1.29, 1.82) is 0 Å². The molecular formula is C24H27N7O3. The van der Waals surface area contributed by atoms with E-state index >= 15 is 0 Å². The molecule has 5 rings (SSSR count). The van der Waals surface area contributed by atoms with Crippen LogP contribution in [0.3, 0.4) is 0 Å². The van der Waals surface area contributed by atoms with Gasteiger partial charge >= 0.3 is 0 Å². The fourth-order valence-electron chi connectivity index (χ4n) is 3.92. The smallest absolute Gasteiger partial charge is 0.253 e. The topological polar surface area (TPSA) is 120 Å². The quantitative estimate of drug-likeness (QED) is 0.462. The molecule has 0 bridgehead atoms. The van der Waals surface area contributed by atoms with Crippen LogP contribution in [0.4, 0.5) is 0 Å². The lowest BCUT2D eigenvalue weighted by Crippen LogP contribution is -2.39. The number of pyridine rings is 1. The van der Waals surface area contributed by atoms with Gasteiger partial charge < -0.3 is 14.6 Å². The molecule has 10 nitrogen and oxygen atoms in total. The molecule has 1 fully saturated rings. The van der Waals surface area contributed by atoms with Crippen LogP contribution >= 0.6 is 0 Å². The molecule has 10 heteroatoms. The summed E-state index contributed by atoms with van der Waals surface area (Å²) in [6.45, 7) is 8.29. The molecule has 1 amide bonds. The number of fused-ring (bicyclic) bond motifs is 1. The van der Waals surface area contributed by atoms with Crippen molar-refractivity contribution in [3.8, 4) is 17.4 Å². The van der Waals surface area contributed by atoms with Gasteiger partial charge in [0.25, 0.3) is 5.91 Å². The van der Waals surface area contributed by atoms with Crippen LogP contribution < -0.4 is 10.1 Å². The summed E-state index contributed by atoms with van der Waals surface area (Å²) < 4.78 is 13.0. The van der Waals surface area contributed by atoms with Crippen LogP contribution in [-0.2, 0) is 12.0 Å². The number of carbonyl (C=O) groups is 1. The Balaban J connectivity index is 1.40. The van der Waals surface area contributed by atoms with Gasteiger partial charge in [-0.2, -0.15) is 5.10 Å². The van der Waals surface area contributed by atoms with E-state index in [9.17, 15) is 4.79 Å². The number of ether oxygens (including phenoxy) is 1. The minimum absolute atomic E-state index is 0.0874. The average molecular weight is 462 g/mol. The fraction of sp³-hybridized carbons (Fsp3) is 0.417. The third kappa shape index (κ3) is 4.23. The highest BCUT2D eigenvalue weighted by Gasteiger charge is 2.28. The SMILES string of the molecule is Cc1cc(-c2nncc3c(C(C)(C)C)c(OCc4ccc(C(=O)NC5CCC5)cn4)nn23)no1. The van der Waals surface area contributed by atoms with Crippen molar-refractivity contribution in [3.05, 3.63) is 53.2 Å². The molecule has 176 valence electrons. The zero-order valence-electron chi connectivity index (χ0n) is 19.7. The third-order valence-electron chi connectivity index (χ3n) is 5.91. The van der Waals surface area contributed by atoms with Crippen LogP contribution in [0, 0.1) is 6.92 Å². The minimum atomic E-state index is -0.270. The van der Waals surface area contributed by atoms with E-state index in [0.29, 0.717) is 34.4 Å². The molecule has 4 heterocycles. The van der Waals surface area contributed by atoms with E-state index in [1.807, 2.05) is 6.92 Å². The Kier molecular flexibility index (Phi) is 5.51. The summed E-state index contributed by atoms with van der Waals surface area (Å²) in [5.41, 5.74) is 3.20. The lowest BCUT2D eigenvalue weighted by atomic mass is 9.88. The van der Waals surface area contributed by atoms with Gasteiger partial charge in [0.1, 0.15) is 12.4 Å². The molecule has 0 atom stereocenters. The fourth-order valence-corrected chi connectivity index (χ4v) is 3.92. The summed E-state index contributed by atoms with van der Waals surface area (Å²) in [5, 5.41) is 20.2. The molecule has 0 unspecified atom stereocenters. The van der Waals surface area contributed by atoms with Gasteiger partial charge in [-0.15, -0.1) is 10.2 Å². The molecule has 4 aromatic heterocycles. The predicted molar refractivity (Wildman–Crippen MR) is 123 cm³/mol. The highest BCUT2D eigenvalue weighted by atomic mass is 16.5. The summed E-state index contributed by atoms with van der Waals surface area (Å²) in [7, 11) is 0. The summed E-state index contributed by atoms with van der Waals surface area (Å²) in [5.74, 6) is 1.52. The van der Waals surface area contributed by atoms with Crippen LogP contribution in [0.2, 0.25) is 0 Å². The standard InChI is InChI=1S/C24H27N7O3/c1-14-10-18(30-34-14)21-28-26-12-19-20(24(2,3)4)23(29-31(19)21)33-13-17-9-8-15(11-25-17)22(32)27-16-6-5-7-16/h8-12,16H,5-7,13H2,1-4H3,(H,27,32). The van der Waals surface area contributed by atoms with Gasteiger partial charge in [-0.1, -0.05) is 25.9 Å². The Morgan fingerprint density at radius 2 is 2.09 bits per heavy atom. The monoisotopic (exact) mass is 461 g/mol. The molecule has 1 N–H and O–H groups in total. The highest BCUT2D eigenvalue weighted by Crippen LogP contribution is 2.36. The Labute approximate surface area is 196 Å². The second-order valence-corrected chi connectivity index (χ2v) is 9.65. The summed E-state index contributed by atoms with van der Waals surface area (Å²) in [4.78, 5) is 16.7. The van der Waals surface area contributed by atoms with Crippen molar-refractivity contribution < 1.29 is 14.1 Å². The first-order chi connectivity index (χ1) is 16.3. The van der Waals surface area contributed by atoms with Gasteiger partial charge in [0.2, 0.25) is 11.7 Å². The molecule has 0 saturated heterocycles. The van der Waals surface area contributed by atoms with Crippen LogP contribution in [0.15, 0.2) is 35.1 Å². The maximum absolute atomic E-state index is 12.3. The molecule has 0 radical (unpaired) electrons. The lowest BCUT2D eigenvalue weighted by Gasteiger charge is -2.26. The molecule has 0 aliphatic heterocycles. The third-order valence-corrected chi connectivity index (χ3v) is 5.91. The van der Waals surface area contributed by atoms with Gasteiger partial charge in [0, 0.05) is 23.9 Å². The molecule has 0 aromatic carbocycles. The highest BCUT2D eigenvalue weighted by molar-refractivity contribution is 5.94. The van der Waals surface area contributed by atoms with Crippen molar-refractivity contribution in [3.63, 3.8) is 0 Å². The van der Waals surface area contributed by atoms with Gasteiger partial charge in [-0.05, 0) is 43.7 Å². The number of hydrogen-bond acceptors (Lipinski definition) is 8. The minimum Gasteiger partial charge on any atom is -0.470 e. The van der Waals surface area contributed by atoms with Gasteiger partial charge in [0.05, 0.1) is 23.0 Å². The molecular weight excluding hydrogens is 434 g/mol. The number of aromatic nitrogens is 6. The maximum Gasteiger partial charge on any atom is 0.253 e.